The summed E-state index contributed by atoms with van der Waals surface area (Å²) in [6.07, 6.45) is 9.45. The van der Waals surface area contributed by atoms with Crippen LogP contribution in [0.25, 0.3) is 88.7 Å². The Morgan fingerprint density at radius 2 is 0.712 bits per heavy atom. The summed E-state index contributed by atoms with van der Waals surface area (Å²) >= 11 is 0. The van der Waals surface area contributed by atoms with Crippen LogP contribution in [0, 0.1) is 0 Å². The second kappa shape index (κ2) is 18.4. The second-order valence-corrected chi connectivity index (χ2v) is 17.1. The lowest BCUT2D eigenvalue weighted by Gasteiger charge is -2.16. The maximum Gasteiger partial charge on any atom is 0.0780 e. The molecule has 8 aromatic carbocycles. The molecule has 0 N–H and O–H groups in total. The van der Waals surface area contributed by atoms with Gasteiger partial charge in [-0.3, -0.25) is 15.0 Å². The van der Waals surface area contributed by atoms with Crippen molar-refractivity contribution in [1.29, 1.82) is 0 Å². The van der Waals surface area contributed by atoms with Gasteiger partial charge in [-0.1, -0.05) is 182 Å². The van der Waals surface area contributed by atoms with E-state index in [0.717, 1.165) is 64.8 Å². The lowest BCUT2D eigenvalue weighted by molar-refractivity contribution is 0.931. The number of nitrogens with zero attached hydrogens (tertiary/aromatic N) is 3. The lowest BCUT2D eigenvalue weighted by Crippen LogP contribution is -1.98. The summed E-state index contributed by atoms with van der Waals surface area (Å²) in [6.45, 7) is 0. The van der Waals surface area contributed by atoms with E-state index in [1.807, 2.05) is 42.9 Å². The summed E-state index contributed by atoms with van der Waals surface area (Å²) in [5.41, 5.74) is 19.0. The quantitative estimate of drug-likeness (QED) is 0.115. The zero-order valence-corrected chi connectivity index (χ0v) is 36.7. The van der Waals surface area contributed by atoms with Gasteiger partial charge in [0.1, 0.15) is 0 Å². The van der Waals surface area contributed by atoms with Crippen molar-refractivity contribution in [3.05, 3.63) is 259 Å². The van der Waals surface area contributed by atoms with Crippen molar-refractivity contribution in [3.8, 4) is 67.2 Å². The summed E-state index contributed by atoms with van der Waals surface area (Å²) < 4.78 is 0. The maximum atomic E-state index is 5.01. The van der Waals surface area contributed by atoms with Crippen LogP contribution in [0.5, 0.6) is 0 Å². The Hall–Kier alpha value is -8.27. The average molecular weight is 846 g/mol. The van der Waals surface area contributed by atoms with Crippen LogP contribution in [-0.4, -0.2) is 15.0 Å². The highest BCUT2D eigenvalue weighted by Crippen LogP contribution is 2.40. The first-order valence-corrected chi connectivity index (χ1v) is 22.9. The molecule has 0 fully saturated rings. The highest BCUT2D eigenvalue weighted by molar-refractivity contribution is 6.16. The van der Waals surface area contributed by atoms with E-state index in [9.17, 15) is 0 Å². The fourth-order valence-corrected chi connectivity index (χ4v) is 9.45. The Balaban J connectivity index is 0.915. The predicted octanol–water partition coefficient (Wildman–Crippen LogP) is 15.8. The molecule has 3 heteroatoms. The summed E-state index contributed by atoms with van der Waals surface area (Å²) in [4.78, 5) is 14.1. The topological polar surface area (TPSA) is 38.7 Å². The molecule has 0 saturated carbocycles. The van der Waals surface area contributed by atoms with E-state index in [1.54, 1.807) is 0 Å². The Labute approximate surface area is 386 Å². The normalized spacial score (nSPS) is 11.3. The molecule has 0 aliphatic carbocycles. The van der Waals surface area contributed by atoms with Crippen molar-refractivity contribution in [1.82, 2.24) is 15.0 Å². The standard InChI is InChI=1S/C63H47N3/c1-2-12-48(13-3-1)59-43-60-58(56-16-6-7-17-57(56)59)36-39-66-63(60)52-34-32-49(33-35-52)54-14-4-5-15-55(54)53-41-46(22-20-44-24-28-50(29-25-44)61-18-8-10-37-64-61)40-47(42-53)23-21-45-26-30-51(31-27-45)62-19-9-11-38-65-62/h1-19,24-43H,20-23H2. The van der Waals surface area contributed by atoms with Gasteiger partial charge in [-0.05, 0) is 134 Å². The van der Waals surface area contributed by atoms with Crippen LogP contribution < -0.4 is 0 Å². The van der Waals surface area contributed by atoms with Crippen LogP contribution in [0.15, 0.2) is 237 Å². The van der Waals surface area contributed by atoms with E-state index in [-0.39, 0.29) is 0 Å². The van der Waals surface area contributed by atoms with Crippen LogP contribution >= 0.6 is 0 Å². The third kappa shape index (κ3) is 8.55. The first-order chi connectivity index (χ1) is 32.7. The zero-order chi connectivity index (χ0) is 44.1. The summed E-state index contributed by atoms with van der Waals surface area (Å²) in [5.74, 6) is 0. The number of fused-ring (bicyclic) bond motifs is 3. The molecule has 0 bridgehead atoms. The largest absolute Gasteiger partial charge is 0.256 e. The monoisotopic (exact) mass is 845 g/mol. The Morgan fingerprint density at radius 3 is 1.30 bits per heavy atom. The molecule has 0 aliphatic rings. The van der Waals surface area contributed by atoms with Gasteiger partial charge < -0.3 is 0 Å². The molecule has 0 aliphatic heterocycles. The molecule has 0 amide bonds. The number of benzene rings is 8. The number of aryl methyl sites for hydroxylation is 4. The molecule has 11 rings (SSSR count). The molecular weight excluding hydrogens is 799 g/mol. The van der Waals surface area contributed by atoms with Gasteiger partial charge in [0.15, 0.2) is 0 Å². The smallest absolute Gasteiger partial charge is 0.0780 e. The average Bonchev–Trinajstić information content (AvgIpc) is 3.40. The zero-order valence-electron chi connectivity index (χ0n) is 36.7. The fourth-order valence-electron chi connectivity index (χ4n) is 9.45. The number of rotatable bonds is 12. The van der Waals surface area contributed by atoms with Gasteiger partial charge in [-0.15, -0.1) is 0 Å². The number of pyridine rings is 3. The van der Waals surface area contributed by atoms with Crippen molar-refractivity contribution in [2.75, 3.05) is 0 Å². The fraction of sp³-hybridized carbons (Fsp3) is 0.0635. The molecule has 66 heavy (non-hydrogen) atoms. The molecule has 3 nitrogen and oxygen atoms in total. The van der Waals surface area contributed by atoms with E-state index in [2.05, 4.69) is 204 Å². The Morgan fingerprint density at radius 1 is 0.242 bits per heavy atom. The van der Waals surface area contributed by atoms with Crippen LogP contribution in [0.3, 0.4) is 0 Å². The summed E-state index contributed by atoms with van der Waals surface area (Å²) in [7, 11) is 0. The van der Waals surface area contributed by atoms with E-state index in [4.69, 9.17) is 4.98 Å². The van der Waals surface area contributed by atoms with Crippen molar-refractivity contribution in [3.63, 3.8) is 0 Å². The molecule has 0 spiro atoms. The van der Waals surface area contributed by atoms with Crippen molar-refractivity contribution >= 4 is 21.5 Å². The Bertz CT molecular complexity index is 3310. The van der Waals surface area contributed by atoms with Crippen molar-refractivity contribution < 1.29 is 0 Å². The van der Waals surface area contributed by atoms with Gasteiger partial charge in [0.25, 0.3) is 0 Å². The van der Waals surface area contributed by atoms with E-state index < -0.39 is 0 Å². The molecule has 0 unspecified atom stereocenters. The highest BCUT2D eigenvalue weighted by atomic mass is 14.7. The third-order valence-corrected chi connectivity index (χ3v) is 12.9. The van der Waals surface area contributed by atoms with Crippen LogP contribution in [0.4, 0.5) is 0 Å². The molecule has 0 radical (unpaired) electrons. The number of hydrogen-bond donors (Lipinski definition) is 0. The lowest BCUT2D eigenvalue weighted by atomic mass is 9.89. The minimum absolute atomic E-state index is 0.943. The SMILES string of the molecule is c1ccc(-c2cc3c(-c4ccc(-c5ccccc5-c5cc(CCc6ccc(-c7ccccn7)cc6)cc(CCc6ccc(-c7ccccn7)cc6)c5)cc4)nccc3c3ccccc23)cc1. The van der Waals surface area contributed by atoms with Crippen LogP contribution in [0.2, 0.25) is 0 Å². The number of hydrogen-bond acceptors (Lipinski definition) is 3. The van der Waals surface area contributed by atoms with Crippen LogP contribution in [-0.2, 0) is 25.7 Å². The van der Waals surface area contributed by atoms with Crippen molar-refractivity contribution in [2.45, 2.75) is 25.7 Å². The van der Waals surface area contributed by atoms with E-state index in [0.29, 0.717) is 0 Å². The molecule has 3 heterocycles. The first kappa shape index (κ1) is 40.5. The van der Waals surface area contributed by atoms with E-state index >= 15 is 0 Å². The van der Waals surface area contributed by atoms with Gasteiger partial charge >= 0.3 is 0 Å². The molecule has 314 valence electrons. The molecule has 3 aromatic heterocycles. The van der Waals surface area contributed by atoms with Gasteiger partial charge in [-0.25, -0.2) is 0 Å². The second-order valence-electron chi connectivity index (χ2n) is 17.1. The highest BCUT2D eigenvalue weighted by Gasteiger charge is 2.15. The van der Waals surface area contributed by atoms with E-state index in [1.165, 1.54) is 71.8 Å². The van der Waals surface area contributed by atoms with Gasteiger partial charge in [0.05, 0.1) is 17.1 Å². The number of aromatic nitrogens is 3. The van der Waals surface area contributed by atoms with Gasteiger partial charge in [0, 0.05) is 40.7 Å². The molecule has 0 atom stereocenters. The predicted molar refractivity (Wildman–Crippen MR) is 275 cm³/mol. The van der Waals surface area contributed by atoms with Crippen LogP contribution in [0.1, 0.15) is 22.3 Å². The summed E-state index contributed by atoms with van der Waals surface area (Å²) in [5, 5.41) is 4.85. The summed E-state index contributed by atoms with van der Waals surface area (Å²) in [6, 6.07) is 78.9. The molecular formula is C63H47N3. The first-order valence-electron chi connectivity index (χ1n) is 22.9. The minimum Gasteiger partial charge on any atom is -0.256 e. The van der Waals surface area contributed by atoms with Gasteiger partial charge in [0.2, 0.25) is 0 Å². The third-order valence-electron chi connectivity index (χ3n) is 12.9. The van der Waals surface area contributed by atoms with Gasteiger partial charge in [-0.2, -0.15) is 0 Å². The maximum absolute atomic E-state index is 5.01. The van der Waals surface area contributed by atoms with Crippen molar-refractivity contribution in [2.24, 2.45) is 0 Å². The molecule has 0 saturated heterocycles. The molecule has 11 aromatic rings. The minimum atomic E-state index is 0.943. The Kier molecular flexibility index (Phi) is 11.3.